The molecular formula is C13H10N4O3. The molecule has 0 spiro atoms. The number of nitrogens with one attached hydrogen (secondary N) is 1. The predicted octanol–water partition coefficient (Wildman–Crippen LogP) is 2.18. The Hall–Kier alpha value is -3.14. The number of nitro groups is 1. The van der Waals surface area contributed by atoms with Gasteiger partial charge in [-0.1, -0.05) is 18.2 Å². The van der Waals surface area contributed by atoms with Crippen molar-refractivity contribution >= 4 is 11.5 Å². The van der Waals surface area contributed by atoms with Crippen LogP contribution in [0.5, 0.6) is 5.75 Å². The van der Waals surface area contributed by atoms with Gasteiger partial charge in [0.05, 0.1) is 10.5 Å². The van der Waals surface area contributed by atoms with E-state index in [4.69, 9.17) is 5.26 Å². The van der Waals surface area contributed by atoms with E-state index in [1.54, 1.807) is 24.3 Å². The van der Waals surface area contributed by atoms with Crippen LogP contribution in [0.2, 0.25) is 0 Å². The molecule has 0 atom stereocenters. The van der Waals surface area contributed by atoms with E-state index in [-0.39, 0.29) is 29.4 Å². The number of hydrogen-bond acceptors (Lipinski definition) is 6. The number of nitrogens with zero attached hydrogens (tertiary/aromatic N) is 3. The first-order chi connectivity index (χ1) is 9.61. The molecule has 1 aromatic carbocycles. The number of aromatic nitrogens is 1. The Morgan fingerprint density at radius 3 is 2.85 bits per heavy atom. The van der Waals surface area contributed by atoms with E-state index in [2.05, 4.69) is 10.3 Å². The van der Waals surface area contributed by atoms with E-state index >= 15 is 0 Å². The molecule has 0 fully saturated rings. The first kappa shape index (κ1) is 13.3. The van der Waals surface area contributed by atoms with Crippen LogP contribution in [0.1, 0.15) is 11.1 Å². The topological polar surface area (TPSA) is 112 Å². The second-order valence-electron chi connectivity index (χ2n) is 3.94. The fourth-order valence-corrected chi connectivity index (χ4v) is 1.63. The van der Waals surface area contributed by atoms with E-state index < -0.39 is 4.92 Å². The molecule has 7 nitrogen and oxygen atoms in total. The minimum atomic E-state index is -0.610. The van der Waals surface area contributed by atoms with Crippen LogP contribution < -0.4 is 5.32 Å². The molecule has 7 heteroatoms. The van der Waals surface area contributed by atoms with Crippen molar-refractivity contribution in [3.05, 3.63) is 57.8 Å². The minimum Gasteiger partial charge on any atom is -0.508 e. The van der Waals surface area contributed by atoms with Gasteiger partial charge >= 0.3 is 5.69 Å². The molecule has 0 aliphatic carbocycles. The quantitative estimate of drug-likeness (QED) is 0.650. The Labute approximate surface area is 114 Å². The zero-order valence-electron chi connectivity index (χ0n) is 10.3. The number of phenols is 1. The maximum Gasteiger partial charge on any atom is 0.312 e. The highest BCUT2D eigenvalue weighted by Crippen LogP contribution is 2.24. The number of pyridine rings is 1. The number of nitriles is 1. The number of anilines is 1. The van der Waals surface area contributed by atoms with Gasteiger partial charge in [0.2, 0.25) is 5.82 Å². The van der Waals surface area contributed by atoms with Crippen molar-refractivity contribution in [1.29, 1.82) is 5.26 Å². The third-order valence-electron chi connectivity index (χ3n) is 2.63. The van der Waals surface area contributed by atoms with E-state index in [0.717, 1.165) is 6.07 Å². The summed E-state index contributed by atoms with van der Waals surface area (Å²) in [7, 11) is 0. The molecule has 0 saturated carbocycles. The molecule has 0 bridgehead atoms. The van der Waals surface area contributed by atoms with E-state index in [9.17, 15) is 15.2 Å². The Morgan fingerprint density at radius 1 is 1.45 bits per heavy atom. The lowest BCUT2D eigenvalue weighted by molar-refractivity contribution is -0.384. The summed E-state index contributed by atoms with van der Waals surface area (Å²) >= 11 is 0. The summed E-state index contributed by atoms with van der Waals surface area (Å²) < 4.78 is 0. The normalized spacial score (nSPS) is 9.75. The smallest absolute Gasteiger partial charge is 0.312 e. The lowest BCUT2D eigenvalue weighted by Crippen LogP contribution is -2.05. The summed E-state index contributed by atoms with van der Waals surface area (Å²) in [6, 6.07) is 9.60. The third kappa shape index (κ3) is 2.81. The van der Waals surface area contributed by atoms with Gasteiger partial charge in [0.25, 0.3) is 0 Å². The van der Waals surface area contributed by atoms with Crippen LogP contribution in [0, 0.1) is 21.4 Å². The van der Waals surface area contributed by atoms with Crippen molar-refractivity contribution in [1.82, 2.24) is 4.98 Å². The Kier molecular flexibility index (Phi) is 3.77. The minimum absolute atomic E-state index is 0.0530. The van der Waals surface area contributed by atoms with Crippen LogP contribution in [0.3, 0.4) is 0 Å². The van der Waals surface area contributed by atoms with Crippen LogP contribution >= 0.6 is 0 Å². The number of para-hydroxylation sites is 1. The van der Waals surface area contributed by atoms with Gasteiger partial charge in [-0.05, 0) is 6.07 Å². The first-order valence-corrected chi connectivity index (χ1v) is 5.67. The van der Waals surface area contributed by atoms with Gasteiger partial charge in [0.15, 0.2) is 0 Å². The van der Waals surface area contributed by atoms with E-state index in [0.29, 0.717) is 5.56 Å². The number of aromatic hydroxyl groups is 1. The molecule has 1 aromatic heterocycles. The third-order valence-corrected chi connectivity index (χ3v) is 2.63. The number of phenolic OH excluding ortho intramolecular Hbond substituents is 1. The predicted molar refractivity (Wildman–Crippen MR) is 71.0 cm³/mol. The summed E-state index contributed by atoms with van der Waals surface area (Å²) in [5.74, 6) is 0.147. The van der Waals surface area contributed by atoms with Crippen molar-refractivity contribution in [2.24, 2.45) is 0 Å². The average molecular weight is 270 g/mol. The SMILES string of the molecule is N#Cc1cnc(NCc2ccccc2O)c([N+](=O)[O-])c1. The van der Waals surface area contributed by atoms with E-state index in [1.165, 1.54) is 12.3 Å². The van der Waals surface area contributed by atoms with Gasteiger partial charge in [-0.2, -0.15) is 5.26 Å². The first-order valence-electron chi connectivity index (χ1n) is 5.67. The van der Waals surface area contributed by atoms with Gasteiger partial charge in [0.1, 0.15) is 11.8 Å². The highest BCUT2D eigenvalue weighted by molar-refractivity contribution is 5.58. The summed E-state index contributed by atoms with van der Waals surface area (Å²) in [4.78, 5) is 14.2. The van der Waals surface area contributed by atoms with Crippen molar-refractivity contribution in [2.75, 3.05) is 5.32 Å². The Balaban J connectivity index is 2.24. The van der Waals surface area contributed by atoms with Gasteiger partial charge in [0, 0.05) is 24.4 Å². The molecule has 2 aromatic rings. The summed E-state index contributed by atoms with van der Waals surface area (Å²) in [6.45, 7) is 0.187. The van der Waals surface area contributed by atoms with Gasteiger partial charge < -0.3 is 10.4 Å². The van der Waals surface area contributed by atoms with E-state index in [1.807, 2.05) is 0 Å². The summed E-state index contributed by atoms with van der Waals surface area (Å²) in [5.41, 5.74) is 0.428. The van der Waals surface area contributed by atoms with Gasteiger partial charge in [-0.25, -0.2) is 4.98 Å². The number of rotatable bonds is 4. The van der Waals surface area contributed by atoms with Crippen LogP contribution in [0.15, 0.2) is 36.5 Å². The molecular weight excluding hydrogens is 260 g/mol. The zero-order chi connectivity index (χ0) is 14.5. The monoisotopic (exact) mass is 270 g/mol. The largest absolute Gasteiger partial charge is 0.508 e. The fourth-order valence-electron chi connectivity index (χ4n) is 1.63. The number of benzene rings is 1. The van der Waals surface area contributed by atoms with Crippen LogP contribution in [-0.2, 0) is 6.54 Å². The van der Waals surface area contributed by atoms with Crippen molar-refractivity contribution in [3.63, 3.8) is 0 Å². The molecule has 2 N–H and O–H groups in total. The van der Waals surface area contributed by atoms with Crippen molar-refractivity contribution in [3.8, 4) is 11.8 Å². The van der Waals surface area contributed by atoms with Crippen LogP contribution in [-0.4, -0.2) is 15.0 Å². The standard InChI is InChI=1S/C13H10N4O3/c14-6-9-5-11(17(19)20)13(15-7-9)16-8-10-3-1-2-4-12(10)18/h1-5,7,18H,8H2,(H,15,16). The second kappa shape index (κ2) is 5.67. The molecule has 0 saturated heterocycles. The molecule has 0 aliphatic rings. The lowest BCUT2D eigenvalue weighted by atomic mass is 10.2. The molecule has 20 heavy (non-hydrogen) atoms. The Bertz CT molecular complexity index is 694. The van der Waals surface area contributed by atoms with Crippen LogP contribution in [0.25, 0.3) is 0 Å². The lowest BCUT2D eigenvalue weighted by Gasteiger charge is -2.07. The molecule has 0 aliphatic heterocycles. The van der Waals surface area contributed by atoms with Crippen LogP contribution in [0.4, 0.5) is 11.5 Å². The van der Waals surface area contributed by atoms with Crippen molar-refractivity contribution in [2.45, 2.75) is 6.54 Å². The maximum absolute atomic E-state index is 10.9. The highest BCUT2D eigenvalue weighted by Gasteiger charge is 2.16. The number of hydrogen-bond donors (Lipinski definition) is 2. The molecule has 0 amide bonds. The summed E-state index contributed by atoms with van der Waals surface area (Å²) in [5, 5.41) is 32.0. The molecule has 1 heterocycles. The maximum atomic E-state index is 10.9. The highest BCUT2D eigenvalue weighted by atomic mass is 16.6. The van der Waals surface area contributed by atoms with Crippen molar-refractivity contribution < 1.29 is 10.0 Å². The molecule has 0 radical (unpaired) electrons. The molecule has 0 unspecified atom stereocenters. The summed E-state index contributed by atoms with van der Waals surface area (Å²) in [6.07, 6.45) is 1.25. The molecule has 2 rings (SSSR count). The van der Waals surface area contributed by atoms with Gasteiger partial charge in [-0.15, -0.1) is 0 Å². The van der Waals surface area contributed by atoms with Gasteiger partial charge in [-0.3, -0.25) is 10.1 Å². The average Bonchev–Trinajstić information content (AvgIpc) is 2.46. The zero-order valence-corrected chi connectivity index (χ0v) is 10.3. The molecule has 100 valence electrons. The Morgan fingerprint density at radius 2 is 2.20 bits per heavy atom. The fraction of sp³-hybridized carbons (Fsp3) is 0.0769. The second-order valence-corrected chi connectivity index (χ2v) is 3.94.